The molecule has 1 rings (SSSR count). The van der Waals surface area contributed by atoms with E-state index in [0.29, 0.717) is 18.1 Å². The fraction of sp³-hybridized carbons (Fsp3) is 0.444. The number of hydrogen-bond donors (Lipinski definition) is 1. The molecular formula is C9H13NO3. The second-order valence-electron chi connectivity index (χ2n) is 2.36. The summed E-state index contributed by atoms with van der Waals surface area (Å²) in [6.45, 7) is 2.78. The minimum atomic E-state index is -0.00113. The molecule has 0 fully saturated rings. The Morgan fingerprint density at radius 2 is 2.00 bits per heavy atom. The first-order valence-electron chi connectivity index (χ1n) is 4.18. The summed E-state index contributed by atoms with van der Waals surface area (Å²) in [6.07, 6.45) is 3.20. The van der Waals surface area contributed by atoms with E-state index < -0.39 is 0 Å². The largest absolute Gasteiger partial charge is 0.492 e. The fourth-order valence-corrected chi connectivity index (χ4v) is 0.887. The van der Waals surface area contributed by atoms with Crippen LogP contribution >= 0.6 is 0 Å². The van der Waals surface area contributed by atoms with Crippen molar-refractivity contribution in [3.8, 4) is 11.5 Å². The minimum absolute atomic E-state index is 0.00113. The van der Waals surface area contributed by atoms with Crippen molar-refractivity contribution in [2.24, 2.45) is 0 Å². The SMILES string of the molecule is CCOc1cncc(OCCO)c1. The second kappa shape index (κ2) is 5.37. The van der Waals surface area contributed by atoms with Crippen LogP contribution in [0.3, 0.4) is 0 Å². The Labute approximate surface area is 77.1 Å². The Morgan fingerprint density at radius 3 is 2.62 bits per heavy atom. The Balaban J connectivity index is 2.56. The molecule has 72 valence electrons. The normalized spacial score (nSPS) is 9.69. The molecule has 4 nitrogen and oxygen atoms in total. The van der Waals surface area contributed by atoms with Crippen LogP contribution in [-0.4, -0.2) is 29.9 Å². The summed E-state index contributed by atoms with van der Waals surface area (Å²) in [7, 11) is 0. The van der Waals surface area contributed by atoms with Gasteiger partial charge in [0.1, 0.15) is 18.1 Å². The number of pyridine rings is 1. The van der Waals surface area contributed by atoms with E-state index in [4.69, 9.17) is 14.6 Å². The van der Waals surface area contributed by atoms with E-state index in [1.807, 2.05) is 6.92 Å². The Hall–Kier alpha value is -1.29. The first-order valence-corrected chi connectivity index (χ1v) is 4.18. The first kappa shape index (κ1) is 9.80. The van der Waals surface area contributed by atoms with E-state index in [-0.39, 0.29) is 13.2 Å². The molecule has 0 aliphatic heterocycles. The van der Waals surface area contributed by atoms with Gasteiger partial charge in [-0.1, -0.05) is 0 Å². The molecule has 4 heteroatoms. The molecule has 0 saturated heterocycles. The molecule has 1 heterocycles. The molecule has 0 spiro atoms. The smallest absolute Gasteiger partial charge is 0.141 e. The highest BCUT2D eigenvalue weighted by Crippen LogP contribution is 2.16. The standard InChI is InChI=1S/C9H13NO3/c1-2-12-8-5-9(7-10-6-8)13-4-3-11/h5-7,11H,2-4H2,1H3. The van der Waals surface area contributed by atoms with Crippen molar-refractivity contribution < 1.29 is 14.6 Å². The van der Waals surface area contributed by atoms with Crippen molar-refractivity contribution in [3.63, 3.8) is 0 Å². The maximum Gasteiger partial charge on any atom is 0.141 e. The Bertz CT molecular complexity index is 252. The van der Waals surface area contributed by atoms with Crippen LogP contribution in [0.15, 0.2) is 18.5 Å². The van der Waals surface area contributed by atoms with E-state index >= 15 is 0 Å². The van der Waals surface area contributed by atoms with E-state index in [1.54, 1.807) is 18.5 Å². The molecule has 0 radical (unpaired) electrons. The van der Waals surface area contributed by atoms with Crippen LogP contribution in [0.1, 0.15) is 6.92 Å². The number of nitrogens with zero attached hydrogens (tertiary/aromatic N) is 1. The third-order valence-corrected chi connectivity index (χ3v) is 1.36. The van der Waals surface area contributed by atoms with Crippen LogP contribution < -0.4 is 9.47 Å². The molecule has 1 N–H and O–H groups in total. The molecular weight excluding hydrogens is 170 g/mol. The molecule has 0 atom stereocenters. The average molecular weight is 183 g/mol. The Morgan fingerprint density at radius 1 is 1.31 bits per heavy atom. The Kier molecular flexibility index (Phi) is 4.05. The van der Waals surface area contributed by atoms with Crippen LogP contribution in [0.2, 0.25) is 0 Å². The van der Waals surface area contributed by atoms with E-state index in [9.17, 15) is 0 Å². The number of aromatic nitrogens is 1. The molecule has 0 bridgehead atoms. The molecule has 0 amide bonds. The van der Waals surface area contributed by atoms with Crippen molar-refractivity contribution in [1.82, 2.24) is 4.98 Å². The minimum Gasteiger partial charge on any atom is -0.492 e. The maximum atomic E-state index is 8.52. The zero-order valence-electron chi connectivity index (χ0n) is 7.56. The second-order valence-corrected chi connectivity index (χ2v) is 2.36. The number of aliphatic hydroxyl groups excluding tert-OH is 1. The molecule has 1 aromatic heterocycles. The highest BCUT2D eigenvalue weighted by Gasteiger charge is 1.96. The zero-order valence-corrected chi connectivity index (χ0v) is 7.56. The van der Waals surface area contributed by atoms with Crippen molar-refractivity contribution >= 4 is 0 Å². The van der Waals surface area contributed by atoms with Gasteiger partial charge in [0.25, 0.3) is 0 Å². The van der Waals surface area contributed by atoms with Crippen LogP contribution in [0.5, 0.6) is 11.5 Å². The zero-order chi connectivity index (χ0) is 9.52. The quantitative estimate of drug-likeness (QED) is 0.735. The van der Waals surface area contributed by atoms with Gasteiger partial charge in [0, 0.05) is 6.07 Å². The van der Waals surface area contributed by atoms with Crippen LogP contribution in [0, 0.1) is 0 Å². The van der Waals surface area contributed by atoms with Crippen LogP contribution in [-0.2, 0) is 0 Å². The summed E-state index contributed by atoms with van der Waals surface area (Å²) in [5.41, 5.74) is 0. The summed E-state index contributed by atoms with van der Waals surface area (Å²) >= 11 is 0. The maximum absolute atomic E-state index is 8.52. The lowest BCUT2D eigenvalue weighted by atomic mass is 10.4. The summed E-state index contributed by atoms with van der Waals surface area (Å²) in [5.74, 6) is 1.29. The van der Waals surface area contributed by atoms with Crippen molar-refractivity contribution in [2.45, 2.75) is 6.92 Å². The number of ether oxygens (including phenoxy) is 2. The van der Waals surface area contributed by atoms with Crippen LogP contribution in [0.25, 0.3) is 0 Å². The monoisotopic (exact) mass is 183 g/mol. The van der Waals surface area contributed by atoms with Crippen LogP contribution in [0.4, 0.5) is 0 Å². The average Bonchev–Trinajstić information content (AvgIpc) is 2.16. The van der Waals surface area contributed by atoms with Gasteiger partial charge in [-0.05, 0) is 6.92 Å². The third-order valence-electron chi connectivity index (χ3n) is 1.36. The van der Waals surface area contributed by atoms with Gasteiger partial charge >= 0.3 is 0 Å². The van der Waals surface area contributed by atoms with Crippen molar-refractivity contribution in [3.05, 3.63) is 18.5 Å². The van der Waals surface area contributed by atoms with E-state index in [2.05, 4.69) is 4.98 Å². The topological polar surface area (TPSA) is 51.6 Å². The lowest BCUT2D eigenvalue weighted by Crippen LogP contribution is -2.02. The lowest BCUT2D eigenvalue weighted by molar-refractivity contribution is 0.200. The summed E-state index contributed by atoms with van der Waals surface area (Å²) in [4.78, 5) is 3.92. The lowest BCUT2D eigenvalue weighted by Gasteiger charge is -2.05. The van der Waals surface area contributed by atoms with Gasteiger partial charge in [-0.15, -0.1) is 0 Å². The molecule has 0 aromatic carbocycles. The van der Waals surface area contributed by atoms with E-state index in [0.717, 1.165) is 0 Å². The molecule has 0 saturated carbocycles. The van der Waals surface area contributed by atoms with Gasteiger partial charge in [-0.2, -0.15) is 0 Å². The summed E-state index contributed by atoms with van der Waals surface area (Å²) in [6, 6.07) is 1.74. The van der Waals surface area contributed by atoms with Crippen molar-refractivity contribution in [2.75, 3.05) is 19.8 Å². The van der Waals surface area contributed by atoms with E-state index in [1.165, 1.54) is 0 Å². The number of aliphatic hydroxyl groups is 1. The summed E-state index contributed by atoms with van der Waals surface area (Å²) < 4.78 is 10.4. The van der Waals surface area contributed by atoms with Gasteiger partial charge < -0.3 is 14.6 Å². The highest BCUT2D eigenvalue weighted by molar-refractivity contribution is 5.28. The van der Waals surface area contributed by atoms with Gasteiger partial charge in [0.05, 0.1) is 25.6 Å². The molecule has 1 aromatic rings. The molecule has 13 heavy (non-hydrogen) atoms. The summed E-state index contributed by atoms with van der Waals surface area (Å²) in [5, 5.41) is 8.52. The first-order chi connectivity index (χ1) is 6.36. The number of hydrogen-bond acceptors (Lipinski definition) is 4. The highest BCUT2D eigenvalue weighted by atomic mass is 16.5. The molecule has 0 unspecified atom stereocenters. The molecule has 0 aliphatic carbocycles. The van der Waals surface area contributed by atoms with Gasteiger partial charge in [-0.3, -0.25) is 4.98 Å². The predicted octanol–water partition coefficient (Wildman–Crippen LogP) is 0.851. The fourth-order valence-electron chi connectivity index (χ4n) is 0.887. The van der Waals surface area contributed by atoms with Gasteiger partial charge in [0.15, 0.2) is 0 Å². The number of rotatable bonds is 5. The van der Waals surface area contributed by atoms with Gasteiger partial charge in [0.2, 0.25) is 0 Å². The predicted molar refractivity (Wildman–Crippen MR) is 48.0 cm³/mol. The van der Waals surface area contributed by atoms with Gasteiger partial charge in [-0.25, -0.2) is 0 Å². The van der Waals surface area contributed by atoms with Crippen molar-refractivity contribution in [1.29, 1.82) is 0 Å². The molecule has 0 aliphatic rings. The third kappa shape index (κ3) is 3.29.